The van der Waals surface area contributed by atoms with E-state index >= 15 is 0 Å². The lowest BCUT2D eigenvalue weighted by Gasteiger charge is -2.36. The molecule has 1 saturated heterocycles. The molecule has 1 aliphatic rings. The van der Waals surface area contributed by atoms with E-state index in [0.717, 1.165) is 6.07 Å². The first kappa shape index (κ1) is 22.3. The summed E-state index contributed by atoms with van der Waals surface area (Å²) in [7, 11) is -3.90. The van der Waals surface area contributed by atoms with E-state index in [-0.39, 0.29) is 47.6 Å². The van der Waals surface area contributed by atoms with Crippen molar-refractivity contribution < 1.29 is 32.2 Å². The Morgan fingerprint density at radius 2 is 1.87 bits per heavy atom. The summed E-state index contributed by atoms with van der Waals surface area (Å²) in [5.41, 5.74) is -1.24. The number of carbonyl (C=O) groups is 1. The van der Waals surface area contributed by atoms with Crippen LogP contribution in [0.15, 0.2) is 47.4 Å². The minimum atomic E-state index is -3.90. The molecule has 10 heteroatoms. The highest BCUT2D eigenvalue weighted by atomic mass is 32.2. The van der Waals surface area contributed by atoms with Crippen LogP contribution in [-0.2, 0) is 16.7 Å². The van der Waals surface area contributed by atoms with Crippen molar-refractivity contribution in [3.05, 3.63) is 59.4 Å². The molecule has 1 aliphatic heterocycles. The number of hydrogen-bond acceptors (Lipinski definition) is 5. The average molecular weight is 440 g/mol. The van der Waals surface area contributed by atoms with Crippen LogP contribution < -0.4 is 5.32 Å². The highest BCUT2D eigenvalue weighted by Gasteiger charge is 2.36. The lowest BCUT2D eigenvalue weighted by Crippen LogP contribution is -2.48. The highest BCUT2D eigenvalue weighted by Crippen LogP contribution is 2.27. The summed E-state index contributed by atoms with van der Waals surface area (Å²) in [6, 6.07) is 8.92. The number of rotatable bonds is 6. The maximum Gasteiger partial charge on any atom is 0.255 e. The molecule has 1 heterocycles. The Hall–Kier alpha value is -2.40. The zero-order valence-electron chi connectivity index (χ0n) is 16.0. The molecule has 1 amide bonds. The van der Waals surface area contributed by atoms with Gasteiger partial charge in [-0.1, -0.05) is 6.07 Å². The summed E-state index contributed by atoms with van der Waals surface area (Å²) < 4.78 is 53.2. The Kier molecular flexibility index (Phi) is 6.51. The maximum atomic E-state index is 13.4. The van der Waals surface area contributed by atoms with Crippen molar-refractivity contribution in [1.82, 2.24) is 4.31 Å². The van der Waals surface area contributed by atoms with Crippen molar-refractivity contribution >= 4 is 21.6 Å². The maximum absolute atomic E-state index is 13.4. The van der Waals surface area contributed by atoms with Gasteiger partial charge in [0.15, 0.2) is 0 Å². The van der Waals surface area contributed by atoms with Gasteiger partial charge >= 0.3 is 0 Å². The molecule has 30 heavy (non-hydrogen) atoms. The summed E-state index contributed by atoms with van der Waals surface area (Å²) in [6.45, 7) is -1.39. The van der Waals surface area contributed by atoms with Crippen LogP contribution in [0.25, 0.3) is 0 Å². The predicted octanol–water partition coefficient (Wildman–Crippen LogP) is 2.06. The molecule has 0 unspecified atom stereocenters. The standard InChI is InChI=1S/C20H22F2N2O5S/c21-12-15-10-16(4-5-18(15)22)23-19(26)14-2-1-3-17(11-14)30(28,29)24-8-6-20(27,13-25)7-9-24/h1-5,10-11,25,27H,6-9,12-13H2,(H,23,26). The van der Waals surface area contributed by atoms with Crippen molar-refractivity contribution in [2.24, 2.45) is 0 Å². The molecule has 7 nitrogen and oxygen atoms in total. The number of hydrogen-bond donors (Lipinski definition) is 3. The molecule has 2 aromatic carbocycles. The number of carbonyl (C=O) groups excluding carboxylic acids is 1. The first-order chi connectivity index (χ1) is 14.2. The van der Waals surface area contributed by atoms with Crippen LogP contribution in [0.4, 0.5) is 14.5 Å². The molecule has 0 saturated carbocycles. The minimum absolute atomic E-state index is 0.0391. The number of amides is 1. The van der Waals surface area contributed by atoms with Crippen LogP contribution in [0.5, 0.6) is 0 Å². The Morgan fingerprint density at radius 1 is 1.17 bits per heavy atom. The Bertz CT molecular complexity index is 1040. The zero-order chi connectivity index (χ0) is 21.9. The van der Waals surface area contributed by atoms with Crippen LogP contribution in [-0.4, -0.2) is 54.1 Å². The number of anilines is 1. The van der Waals surface area contributed by atoms with Gasteiger partial charge in [-0.3, -0.25) is 4.79 Å². The number of piperidine rings is 1. The third kappa shape index (κ3) is 4.67. The molecule has 0 spiro atoms. The van der Waals surface area contributed by atoms with E-state index in [0.29, 0.717) is 0 Å². The van der Waals surface area contributed by atoms with E-state index in [2.05, 4.69) is 5.32 Å². The van der Waals surface area contributed by atoms with Gasteiger partial charge in [0.05, 0.1) is 17.1 Å². The van der Waals surface area contributed by atoms with Crippen molar-refractivity contribution in [3.63, 3.8) is 0 Å². The van der Waals surface area contributed by atoms with E-state index in [9.17, 15) is 32.2 Å². The smallest absolute Gasteiger partial charge is 0.255 e. The first-order valence-corrected chi connectivity index (χ1v) is 10.7. The molecule has 3 N–H and O–H groups in total. The molecule has 0 aliphatic carbocycles. The average Bonchev–Trinajstić information content (AvgIpc) is 2.75. The number of nitrogens with zero attached hydrogens (tertiary/aromatic N) is 1. The van der Waals surface area contributed by atoms with Gasteiger partial charge in [-0.25, -0.2) is 17.2 Å². The predicted molar refractivity (Wildman–Crippen MR) is 106 cm³/mol. The van der Waals surface area contributed by atoms with Gasteiger partial charge in [-0.2, -0.15) is 4.31 Å². The normalized spacial score (nSPS) is 16.9. The van der Waals surface area contributed by atoms with Crippen LogP contribution in [0.3, 0.4) is 0 Å². The van der Waals surface area contributed by atoms with E-state index < -0.39 is 40.6 Å². The second kappa shape index (κ2) is 8.76. The third-order valence-corrected chi connectivity index (χ3v) is 7.02. The molecule has 0 atom stereocenters. The lowest BCUT2D eigenvalue weighted by molar-refractivity contribution is -0.0480. The van der Waals surface area contributed by atoms with Gasteiger partial charge in [-0.15, -0.1) is 0 Å². The van der Waals surface area contributed by atoms with E-state index in [1.807, 2.05) is 0 Å². The third-order valence-electron chi connectivity index (χ3n) is 5.13. The van der Waals surface area contributed by atoms with Crippen LogP contribution >= 0.6 is 0 Å². The summed E-state index contributed by atoms with van der Waals surface area (Å²) >= 11 is 0. The van der Waals surface area contributed by atoms with Gasteiger partial charge < -0.3 is 15.5 Å². The van der Waals surface area contributed by atoms with E-state index in [4.69, 9.17) is 0 Å². The Morgan fingerprint density at radius 3 is 2.50 bits per heavy atom. The first-order valence-electron chi connectivity index (χ1n) is 9.28. The summed E-state index contributed by atoms with van der Waals surface area (Å²) in [5, 5.41) is 21.8. The quantitative estimate of drug-likeness (QED) is 0.638. The van der Waals surface area contributed by atoms with Crippen molar-refractivity contribution in [3.8, 4) is 0 Å². The molecule has 0 radical (unpaired) electrons. The summed E-state index contributed by atoms with van der Waals surface area (Å²) in [5.74, 6) is -1.35. The molecule has 0 aromatic heterocycles. The molecular weight excluding hydrogens is 418 g/mol. The van der Waals surface area contributed by atoms with Gasteiger partial charge in [-0.05, 0) is 49.2 Å². The molecule has 2 aromatic rings. The number of aliphatic hydroxyl groups is 2. The summed E-state index contributed by atoms with van der Waals surface area (Å²) in [6.07, 6.45) is 0.203. The monoisotopic (exact) mass is 440 g/mol. The number of alkyl halides is 1. The van der Waals surface area contributed by atoms with Crippen LogP contribution in [0.2, 0.25) is 0 Å². The lowest BCUT2D eigenvalue weighted by atomic mass is 9.94. The largest absolute Gasteiger partial charge is 0.393 e. The Labute approximate surface area is 173 Å². The van der Waals surface area contributed by atoms with Crippen molar-refractivity contribution in [2.75, 3.05) is 25.0 Å². The van der Waals surface area contributed by atoms with E-state index in [1.165, 1.54) is 40.7 Å². The minimum Gasteiger partial charge on any atom is -0.393 e. The number of benzene rings is 2. The zero-order valence-corrected chi connectivity index (χ0v) is 16.8. The molecule has 3 rings (SSSR count). The number of aliphatic hydroxyl groups excluding tert-OH is 1. The van der Waals surface area contributed by atoms with Gasteiger partial charge in [0.2, 0.25) is 10.0 Å². The fourth-order valence-electron chi connectivity index (χ4n) is 3.21. The van der Waals surface area contributed by atoms with E-state index in [1.54, 1.807) is 0 Å². The number of halogens is 2. The Balaban J connectivity index is 1.78. The fourth-order valence-corrected chi connectivity index (χ4v) is 4.69. The molecule has 162 valence electrons. The fraction of sp³-hybridized carbons (Fsp3) is 0.350. The topological polar surface area (TPSA) is 107 Å². The SMILES string of the molecule is O=C(Nc1ccc(F)c(CF)c1)c1cccc(S(=O)(=O)N2CCC(O)(CO)CC2)c1. The van der Waals surface area contributed by atoms with Gasteiger partial charge in [0, 0.05) is 29.9 Å². The highest BCUT2D eigenvalue weighted by molar-refractivity contribution is 7.89. The van der Waals surface area contributed by atoms with Crippen LogP contribution in [0.1, 0.15) is 28.8 Å². The second-order valence-corrected chi connectivity index (χ2v) is 9.15. The molecule has 1 fully saturated rings. The number of nitrogens with one attached hydrogen (secondary N) is 1. The van der Waals surface area contributed by atoms with Crippen molar-refractivity contribution in [1.29, 1.82) is 0 Å². The summed E-state index contributed by atoms with van der Waals surface area (Å²) in [4.78, 5) is 12.4. The van der Waals surface area contributed by atoms with Gasteiger partial charge in [0.1, 0.15) is 12.5 Å². The molecule has 0 bridgehead atoms. The number of sulfonamides is 1. The van der Waals surface area contributed by atoms with Crippen LogP contribution in [0, 0.1) is 5.82 Å². The second-order valence-electron chi connectivity index (χ2n) is 7.21. The van der Waals surface area contributed by atoms with Gasteiger partial charge in [0.25, 0.3) is 5.91 Å². The van der Waals surface area contributed by atoms with Crippen molar-refractivity contribution in [2.45, 2.75) is 30.0 Å². The molecular formula is C20H22F2N2O5S.